The average Bonchev–Trinajstić information content (AvgIpc) is 2.76. The van der Waals surface area contributed by atoms with Crippen molar-refractivity contribution in [1.82, 2.24) is 15.1 Å². The highest BCUT2D eigenvalue weighted by Crippen LogP contribution is 2.25. The van der Waals surface area contributed by atoms with Gasteiger partial charge in [-0.25, -0.2) is 9.97 Å². The molecule has 1 aliphatic rings. The topological polar surface area (TPSA) is 63.8 Å². The van der Waals surface area contributed by atoms with Crippen LogP contribution in [0, 0.1) is 13.8 Å². The quantitative estimate of drug-likeness (QED) is 0.916. The molecule has 0 spiro atoms. The lowest BCUT2D eigenvalue weighted by Gasteiger charge is -2.17. The summed E-state index contributed by atoms with van der Waals surface area (Å²) in [7, 11) is 0. The maximum atomic E-state index is 5.17. The van der Waals surface area contributed by atoms with Gasteiger partial charge in [0.15, 0.2) is 0 Å². The molecule has 0 aromatic carbocycles. The minimum Gasteiger partial charge on any atom is -0.365 e. The van der Waals surface area contributed by atoms with E-state index in [1.54, 1.807) is 6.33 Å². The molecule has 2 aromatic heterocycles. The third kappa shape index (κ3) is 2.32. The second kappa shape index (κ2) is 4.99. The van der Waals surface area contributed by atoms with Crippen molar-refractivity contribution in [2.75, 3.05) is 5.32 Å². The van der Waals surface area contributed by atoms with E-state index in [-0.39, 0.29) is 0 Å². The molecule has 5 heteroatoms. The van der Waals surface area contributed by atoms with Crippen LogP contribution in [0.15, 0.2) is 10.9 Å². The van der Waals surface area contributed by atoms with E-state index in [0.717, 1.165) is 35.7 Å². The minimum absolute atomic E-state index is 0.699. The Labute approximate surface area is 112 Å². The highest BCUT2D eigenvalue weighted by Gasteiger charge is 2.16. The van der Waals surface area contributed by atoms with E-state index in [0.29, 0.717) is 6.54 Å². The number of hydrogen-bond donors (Lipinski definition) is 1. The largest absolute Gasteiger partial charge is 0.365 e. The highest BCUT2D eigenvalue weighted by atomic mass is 16.5. The molecule has 2 heterocycles. The first-order chi connectivity index (χ1) is 9.25. The molecule has 2 aromatic rings. The zero-order valence-electron chi connectivity index (χ0n) is 11.4. The van der Waals surface area contributed by atoms with E-state index in [1.165, 1.54) is 24.1 Å². The summed E-state index contributed by atoms with van der Waals surface area (Å²) in [4.78, 5) is 8.76. The second-order valence-electron chi connectivity index (χ2n) is 5.01. The lowest BCUT2D eigenvalue weighted by molar-refractivity contribution is 0.392. The van der Waals surface area contributed by atoms with Gasteiger partial charge in [0.05, 0.1) is 5.69 Å². The standard InChI is InChI=1S/C14H18N4O/c1-9-12(10(2)19-18-9)7-15-14-11-5-3-4-6-13(11)16-8-17-14/h8H,3-7H2,1-2H3,(H,15,16,17). The van der Waals surface area contributed by atoms with Crippen LogP contribution >= 0.6 is 0 Å². The molecule has 0 amide bonds. The molecule has 0 aliphatic heterocycles. The summed E-state index contributed by atoms with van der Waals surface area (Å²) in [5.41, 5.74) is 4.53. The zero-order valence-corrected chi connectivity index (χ0v) is 11.4. The Morgan fingerprint density at radius 2 is 2.05 bits per heavy atom. The van der Waals surface area contributed by atoms with Crippen molar-refractivity contribution < 1.29 is 4.52 Å². The van der Waals surface area contributed by atoms with Crippen LogP contribution in [0.1, 0.15) is 41.1 Å². The molecule has 1 N–H and O–H groups in total. The maximum absolute atomic E-state index is 5.17. The highest BCUT2D eigenvalue weighted by molar-refractivity contribution is 5.47. The van der Waals surface area contributed by atoms with Gasteiger partial charge in [0.25, 0.3) is 0 Å². The molecule has 3 rings (SSSR count). The number of rotatable bonds is 3. The number of nitrogens with one attached hydrogen (secondary N) is 1. The molecule has 1 aliphatic carbocycles. The molecule has 0 saturated heterocycles. The Hall–Kier alpha value is -1.91. The molecule has 0 saturated carbocycles. The third-order valence-electron chi connectivity index (χ3n) is 3.74. The number of hydrogen-bond acceptors (Lipinski definition) is 5. The Balaban J connectivity index is 1.81. The maximum Gasteiger partial charge on any atom is 0.138 e. The van der Waals surface area contributed by atoms with Crippen LogP contribution in [0.4, 0.5) is 5.82 Å². The molecule has 0 unspecified atom stereocenters. The van der Waals surface area contributed by atoms with Crippen LogP contribution < -0.4 is 5.32 Å². The Kier molecular flexibility index (Phi) is 3.19. The van der Waals surface area contributed by atoms with Crippen molar-refractivity contribution in [3.05, 3.63) is 34.6 Å². The molecule has 0 fully saturated rings. The van der Waals surface area contributed by atoms with Crippen LogP contribution in [0.2, 0.25) is 0 Å². The fraction of sp³-hybridized carbons (Fsp3) is 0.500. The van der Waals surface area contributed by atoms with Crippen molar-refractivity contribution >= 4 is 5.82 Å². The lowest BCUT2D eigenvalue weighted by atomic mass is 9.96. The van der Waals surface area contributed by atoms with Gasteiger partial charge in [0.2, 0.25) is 0 Å². The van der Waals surface area contributed by atoms with Crippen LogP contribution in [-0.2, 0) is 19.4 Å². The summed E-state index contributed by atoms with van der Waals surface area (Å²) in [5.74, 6) is 1.83. The molecule has 0 atom stereocenters. The smallest absolute Gasteiger partial charge is 0.138 e. The van der Waals surface area contributed by atoms with E-state index in [4.69, 9.17) is 4.52 Å². The average molecular weight is 258 g/mol. The van der Waals surface area contributed by atoms with E-state index < -0.39 is 0 Å². The van der Waals surface area contributed by atoms with Gasteiger partial charge in [-0.05, 0) is 39.5 Å². The number of fused-ring (bicyclic) bond motifs is 1. The van der Waals surface area contributed by atoms with E-state index in [1.807, 2.05) is 13.8 Å². The summed E-state index contributed by atoms with van der Waals surface area (Å²) in [5, 5.41) is 7.37. The van der Waals surface area contributed by atoms with E-state index >= 15 is 0 Å². The third-order valence-corrected chi connectivity index (χ3v) is 3.74. The van der Waals surface area contributed by atoms with Crippen molar-refractivity contribution in [1.29, 1.82) is 0 Å². The molecule has 100 valence electrons. The SMILES string of the molecule is Cc1noc(C)c1CNc1ncnc2c1CCCC2. The van der Waals surface area contributed by atoms with E-state index in [2.05, 4.69) is 20.4 Å². The fourth-order valence-corrected chi connectivity index (χ4v) is 2.60. The van der Waals surface area contributed by atoms with Crippen LogP contribution in [0.5, 0.6) is 0 Å². The normalized spacial score (nSPS) is 14.2. The second-order valence-corrected chi connectivity index (χ2v) is 5.01. The van der Waals surface area contributed by atoms with Crippen LogP contribution in [0.25, 0.3) is 0 Å². The van der Waals surface area contributed by atoms with Gasteiger partial charge < -0.3 is 9.84 Å². The van der Waals surface area contributed by atoms with Crippen molar-refractivity contribution in [3.63, 3.8) is 0 Å². The van der Waals surface area contributed by atoms with Gasteiger partial charge in [-0.2, -0.15) is 0 Å². The van der Waals surface area contributed by atoms with Crippen molar-refractivity contribution in [2.45, 2.75) is 46.1 Å². The van der Waals surface area contributed by atoms with Gasteiger partial charge in [0.1, 0.15) is 17.9 Å². The fourth-order valence-electron chi connectivity index (χ4n) is 2.60. The predicted molar refractivity (Wildman–Crippen MR) is 72.0 cm³/mol. The van der Waals surface area contributed by atoms with Crippen molar-refractivity contribution in [3.8, 4) is 0 Å². The lowest BCUT2D eigenvalue weighted by Crippen LogP contribution is -2.12. The predicted octanol–water partition coefficient (Wildman–Crippen LogP) is 2.57. The first-order valence-corrected chi connectivity index (χ1v) is 6.74. The van der Waals surface area contributed by atoms with Gasteiger partial charge in [-0.1, -0.05) is 5.16 Å². The zero-order chi connectivity index (χ0) is 13.2. The van der Waals surface area contributed by atoms with Gasteiger partial charge in [-0.3, -0.25) is 0 Å². The van der Waals surface area contributed by atoms with Crippen LogP contribution in [0.3, 0.4) is 0 Å². The monoisotopic (exact) mass is 258 g/mol. The summed E-state index contributed by atoms with van der Waals surface area (Å²) < 4.78 is 5.17. The molecule has 19 heavy (non-hydrogen) atoms. The summed E-state index contributed by atoms with van der Waals surface area (Å²) in [6.45, 7) is 4.60. The van der Waals surface area contributed by atoms with E-state index in [9.17, 15) is 0 Å². The number of nitrogens with zero attached hydrogens (tertiary/aromatic N) is 3. The minimum atomic E-state index is 0.699. The Morgan fingerprint density at radius 1 is 1.21 bits per heavy atom. The van der Waals surface area contributed by atoms with Gasteiger partial charge in [0, 0.05) is 23.4 Å². The number of anilines is 1. The Morgan fingerprint density at radius 3 is 2.84 bits per heavy atom. The number of aromatic nitrogens is 3. The summed E-state index contributed by atoms with van der Waals surface area (Å²) >= 11 is 0. The van der Waals surface area contributed by atoms with Crippen LogP contribution in [-0.4, -0.2) is 15.1 Å². The Bertz CT molecular complexity index is 572. The number of aryl methyl sites for hydroxylation is 3. The van der Waals surface area contributed by atoms with Gasteiger partial charge >= 0.3 is 0 Å². The van der Waals surface area contributed by atoms with Gasteiger partial charge in [-0.15, -0.1) is 0 Å². The summed E-state index contributed by atoms with van der Waals surface area (Å²) in [6, 6.07) is 0. The molecular formula is C14H18N4O. The molecule has 5 nitrogen and oxygen atoms in total. The first-order valence-electron chi connectivity index (χ1n) is 6.74. The molecular weight excluding hydrogens is 240 g/mol. The summed E-state index contributed by atoms with van der Waals surface area (Å²) in [6.07, 6.45) is 6.24. The molecule has 0 bridgehead atoms. The van der Waals surface area contributed by atoms with Crippen molar-refractivity contribution in [2.24, 2.45) is 0 Å². The first kappa shape index (κ1) is 12.1. The molecule has 0 radical (unpaired) electrons.